The molecule has 0 fully saturated rings. The van der Waals surface area contributed by atoms with Gasteiger partial charge >= 0.3 is 29.6 Å². The number of rotatable bonds is 6. The minimum Gasteiger partial charge on any atom is -0.552 e. The third-order valence-electron chi connectivity index (χ3n) is 1.61. The van der Waals surface area contributed by atoms with Crippen molar-refractivity contribution in [1.82, 2.24) is 0 Å². The average molecular weight is 206 g/mol. The van der Waals surface area contributed by atoms with Crippen molar-refractivity contribution >= 4 is 11.3 Å². The maximum Gasteiger partial charge on any atom is 1.00 e. The molecule has 0 aliphatic heterocycles. The Morgan fingerprint density at radius 2 is 2.38 bits per heavy atom. The first-order valence-corrected chi connectivity index (χ1v) is 5.32. The van der Waals surface area contributed by atoms with Crippen molar-refractivity contribution in [1.29, 1.82) is 0 Å². The Morgan fingerprint density at radius 1 is 1.54 bits per heavy atom. The largest absolute Gasteiger partial charge is 1.00 e. The smallest absolute Gasteiger partial charge is 0.552 e. The summed E-state index contributed by atoms with van der Waals surface area (Å²) >= 11 is 1.74. The Bertz CT molecular complexity index is 187. The predicted molar refractivity (Wildman–Crippen MR) is 53.2 cm³/mol. The normalized spacial score (nSPS) is 9.62. The predicted octanol–water partition coefficient (Wildman–Crippen LogP) is 0.273. The zero-order valence-electron chi connectivity index (χ0n) is 8.45. The zero-order valence-corrected chi connectivity index (χ0v) is 11.3. The van der Waals surface area contributed by atoms with Gasteiger partial charge in [0.15, 0.2) is 0 Å². The number of unbranched alkanes of at least 4 members (excludes halogenated alkanes) is 1. The summed E-state index contributed by atoms with van der Waals surface area (Å²) in [4.78, 5) is 0. The molecule has 0 aromatic carbocycles. The van der Waals surface area contributed by atoms with Crippen LogP contribution >= 0.6 is 11.3 Å². The topological polar surface area (TPSA) is 9.23 Å². The van der Waals surface area contributed by atoms with Crippen LogP contribution in [0.3, 0.4) is 0 Å². The zero-order chi connectivity index (χ0) is 8.65. The minimum atomic E-state index is 0. The van der Waals surface area contributed by atoms with Gasteiger partial charge in [0.25, 0.3) is 0 Å². The van der Waals surface area contributed by atoms with Crippen LogP contribution in [0.25, 0.3) is 0 Å². The maximum absolute atomic E-state index is 5.33. The molecule has 1 nitrogen and oxygen atoms in total. The molecule has 0 bridgehead atoms. The van der Waals surface area contributed by atoms with Gasteiger partial charge in [-0.25, -0.2) is 6.61 Å². The summed E-state index contributed by atoms with van der Waals surface area (Å²) in [6.45, 7) is 4.88. The molecule has 0 radical (unpaired) electrons. The molecule has 0 atom stereocenters. The Labute approximate surface area is 107 Å². The summed E-state index contributed by atoms with van der Waals surface area (Å²) in [6, 6.07) is 2.15. The monoisotopic (exact) mass is 206 g/mol. The first-order chi connectivity index (χ1) is 5.93. The number of thiophene rings is 1. The van der Waals surface area contributed by atoms with Gasteiger partial charge in [0.1, 0.15) is 0 Å². The Hall–Kier alpha value is 0.660. The molecule has 1 heterocycles. The first-order valence-electron chi connectivity index (χ1n) is 4.38. The van der Waals surface area contributed by atoms with Crippen molar-refractivity contribution in [2.75, 3.05) is 6.61 Å². The Morgan fingerprint density at radius 3 is 3.00 bits per heavy atom. The fraction of sp³-hybridized carbons (Fsp3) is 0.500. The van der Waals surface area contributed by atoms with Crippen LogP contribution in [-0.4, -0.2) is 6.61 Å². The fourth-order valence-corrected chi connectivity index (χ4v) is 1.60. The van der Waals surface area contributed by atoms with Crippen molar-refractivity contribution in [3.8, 4) is 0 Å². The SMILES string of the molecule is CCC[CH-]OCCc1ccsc1.[Na+]. The molecule has 0 N–H and O–H groups in total. The van der Waals surface area contributed by atoms with Crippen LogP contribution in [-0.2, 0) is 11.2 Å². The molecule has 1 aromatic heterocycles. The van der Waals surface area contributed by atoms with E-state index in [2.05, 4.69) is 23.8 Å². The molecule has 0 saturated heterocycles. The van der Waals surface area contributed by atoms with Crippen LogP contribution in [0.5, 0.6) is 0 Å². The van der Waals surface area contributed by atoms with E-state index in [4.69, 9.17) is 4.74 Å². The third kappa shape index (κ3) is 6.69. The van der Waals surface area contributed by atoms with Crippen molar-refractivity contribution in [2.45, 2.75) is 26.2 Å². The number of hydrogen-bond donors (Lipinski definition) is 0. The van der Waals surface area contributed by atoms with Crippen molar-refractivity contribution in [3.05, 3.63) is 29.0 Å². The van der Waals surface area contributed by atoms with Gasteiger partial charge in [0.2, 0.25) is 0 Å². The van der Waals surface area contributed by atoms with E-state index in [1.54, 1.807) is 11.3 Å². The van der Waals surface area contributed by atoms with E-state index in [1.807, 2.05) is 6.61 Å². The second-order valence-corrected chi connectivity index (χ2v) is 3.49. The standard InChI is InChI=1S/C10H15OS.Na/c1-2-3-6-11-7-4-10-5-8-12-9-10;/h5-6,8-9H,2-4,7H2,1H3;/q-1;+1. The Kier molecular flexibility index (Phi) is 9.69. The van der Waals surface area contributed by atoms with Gasteiger partial charge in [-0.1, -0.05) is 13.3 Å². The molecule has 3 heteroatoms. The second kappa shape index (κ2) is 9.22. The van der Waals surface area contributed by atoms with Gasteiger partial charge in [-0.05, 0) is 28.8 Å². The molecular weight excluding hydrogens is 191 g/mol. The van der Waals surface area contributed by atoms with E-state index in [9.17, 15) is 0 Å². The molecule has 0 saturated carbocycles. The molecule has 13 heavy (non-hydrogen) atoms. The quantitative estimate of drug-likeness (QED) is 0.369. The molecular formula is C10H15NaOS. The van der Waals surface area contributed by atoms with E-state index in [-0.39, 0.29) is 29.6 Å². The number of hydrogen-bond acceptors (Lipinski definition) is 2. The fourth-order valence-electron chi connectivity index (χ4n) is 0.896. The van der Waals surface area contributed by atoms with Crippen LogP contribution in [0.15, 0.2) is 16.8 Å². The molecule has 68 valence electrons. The van der Waals surface area contributed by atoms with Crippen LogP contribution < -0.4 is 29.6 Å². The average Bonchev–Trinajstić information content (AvgIpc) is 2.57. The van der Waals surface area contributed by atoms with Crippen molar-refractivity contribution < 1.29 is 34.3 Å². The molecule has 1 rings (SSSR count). The second-order valence-electron chi connectivity index (χ2n) is 2.71. The molecule has 1 aromatic rings. The first kappa shape index (κ1) is 13.7. The van der Waals surface area contributed by atoms with Gasteiger partial charge in [0.05, 0.1) is 0 Å². The summed E-state index contributed by atoms with van der Waals surface area (Å²) in [6.07, 6.45) is 3.26. The van der Waals surface area contributed by atoms with E-state index in [0.29, 0.717) is 0 Å². The molecule has 0 amide bonds. The molecule has 0 aliphatic rings. The summed E-state index contributed by atoms with van der Waals surface area (Å²) in [5, 5.41) is 4.27. The van der Waals surface area contributed by atoms with Gasteiger partial charge in [-0.15, -0.1) is 0 Å². The van der Waals surface area contributed by atoms with E-state index in [1.165, 1.54) is 12.0 Å². The minimum absolute atomic E-state index is 0. The molecule has 0 unspecified atom stereocenters. The van der Waals surface area contributed by atoms with E-state index >= 15 is 0 Å². The van der Waals surface area contributed by atoms with E-state index < -0.39 is 0 Å². The van der Waals surface area contributed by atoms with Gasteiger partial charge in [0, 0.05) is 6.61 Å². The van der Waals surface area contributed by atoms with Crippen molar-refractivity contribution in [3.63, 3.8) is 0 Å². The number of ether oxygens (including phenoxy) is 1. The maximum atomic E-state index is 5.33. The van der Waals surface area contributed by atoms with Crippen LogP contribution in [0, 0.1) is 6.61 Å². The van der Waals surface area contributed by atoms with Crippen LogP contribution in [0.2, 0.25) is 0 Å². The van der Waals surface area contributed by atoms with E-state index in [0.717, 1.165) is 19.4 Å². The third-order valence-corrected chi connectivity index (χ3v) is 2.35. The molecule has 0 spiro atoms. The summed E-state index contributed by atoms with van der Waals surface area (Å²) < 4.78 is 5.33. The Balaban J connectivity index is 0.00000144. The molecule has 0 aliphatic carbocycles. The van der Waals surface area contributed by atoms with Gasteiger partial charge in [-0.3, -0.25) is 0 Å². The van der Waals surface area contributed by atoms with Gasteiger partial charge < -0.3 is 4.74 Å². The van der Waals surface area contributed by atoms with Crippen LogP contribution in [0.4, 0.5) is 0 Å². The van der Waals surface area contributed by atoms with Crippen LogP contribution in [0.1, 0.15) is 25.3 Å². The summed E-state index contributed by atoms with van der Waals surface area (Å²) in [5.74, 6) is 0. The summed E-state index contributed by atoms with van der Waals surface area (Å²) in [7, 11) is 0. The summed E-state index contributed by atoms with van der Waals surface area (Å²) in [5.41, 5.74) is 1.38. The van der Waals surface area contributed by atoms with Crippen molar-refractivity contribution in [2.24, 2.45) is 0 Å². The van der Waals surface area contributed by atoms with Gasteiger partial charge in [-0.2, -0.15) is 17.8 Å².